The summed E-state index contributed by atoms with van der Waals surface area (Å²) in [5.74, 6) is -1.44. The molecule has 0 radical (unpaired) electrons. The molecule has 49 heavy (non-hydrogen) atoms. The van der Waals surface area contributed by atoms with Gasteiger partial charge in [-0.2, -0.15) is 5.10 Å². The average molecular weight is 695 g/mol. The van der Waals surface area contributed by atoms with Crippen molar-refractivity contribution in [3.05, 3.63) is 48.2 Å². The molecule has 2 aliphatic carbocycles. The number of amides is 3. The van der Waals surface area contributed by atoms with Crippen molar-refractivity contribution in [3.8, 4) is 22.9 Å². The number of hydrogen-bond donors (Lipinski definition) is 3. The lowest BCUT2D eigenvalue weighted by Crippen LogP contribution is -2.54. The molecule has 3 amide bonds. The maximum Gasteiger partial charge on any atom is 0.409 e. The summed E-state index contributed by atoms with van der Waals surface area (Å²) in [7, 11) is -0.620. The van der Waals surface area contributed by atoms with Gasteiger partial charge in [0.2, 0.25) is 15.9 Å². The molecule has 1 aliphatic heterocycles. The third-order valence-electron chi connectivity index (χ3n) is 9.21. The number of aryl methyl sites for hydroxylation is 1. The number of carbonyl (C=O) groups excluding carboxylic acids is 3. The van der Waals surface area contributed by atoms with Crippen molar-refractivity contribution >= 4 is 38.8 Å². The molecule has 3 aliphatic rings. The van der Waals surface area contributed by atoms with E-state index in [0.717, 1.165) is 23.9 Å². The number of H-pyrrole nitrogens is 1. The Morgan fingerprint density at radius 2 is 1.98 bits per heavy atom. The fraction of sp³-hybridized carbons (Fsp3) is 0.500. The largest absolute Gasteiger partial charge is 0.497 e. The van der Waals surface area contributed by atoms with E-state index in [1.165, 1.54) is 4.90 Å². The lowest BCUT2D eigenvalue weighted by Gasteiger charge is -2.24. The van der Waals surface area contributed by atoms with Gasteiger partial charge < -0.3 is 24.4 Å². The molecule has 3 aromatic rings. The second-order valence-corrected chi connectivity index (χ2v) is 15.0. The van der Waals surface area contributed by atoms with E-state index in [9.17, 15) is 22.8 Å². The van der Waals surface area contributed by atoms with Gasteiger partial charge in [-0.3, -0.25) is 19.4 Å². The zero-order chi connectivity index (χ0) is 34.8. The Bertz CT molecular complexity index is 1870. The van der Waals surface area contributed by atoms with Crippen LogP contribution in [-0.4, -0.2) is 91.1 Å². The van der Waals surface area contributed by atoms with Crippen LogP contribution in [0.3, 0.4) is 0 Å². The number of ether oxygens (including phenoxy) is 3. The van der Waals surface area contributed by atoms with E-state index in [-0.39, 0.29) is 32.0 Å². The Kier molecular flexibility index (Phi) is 9.82. The van der Waals surface area contributed by atoms with Crippen molar-refractivity contribution in [1.82, 2.24) is 30.1 Å². The van der Waals surface area contributed by atoms with E-state index in [0.29, 0.717) is 54.2 Å². The van der Waals surface area contributed by atoms with Crippen molar-refractivity contribution in [3.63, 3.8) is 0 Å². The lowest BCUT2D eigenvalue weighted by atomic mass is 10.0. The maximum atomic E-state index is 13.9. The van der Waals surface area contributed by atoms with Crippen LogP contribution in [0.25, 0.3) is 22.3 Å². The number of cyclic esters (lactones) is 1. The van der Waals surface area contributed by atoms with Crippen molar-refractivity contribution in [2.75, 3.05) is 33.9 Å². The van der Waals surface area contributed by atoms with Crippen LogP contribution >= 0.6 is 0 Å². The minimum atomic E-state index is -3.84. The summed E-state index contributed by atoms with van der Waals surface area (Å²) in [6.07, 6.45) is 6.88. The van der Waals surface area contributed by atoms with Gasteiger partial charge in [0, 0.05) is 42.7 Å². The fourth-order valence-electron chi connectivity index (χ4n) is 5.94. The molecule has 3 N–H and O–H groups in total. The van der Waals surface area contributed by atoms with Crippen LogP contribution < -0.4 is 19.5 Å². The third kappa shape index (κ3) is 7.82. The number of nitrogens with zero attached hydrogens (tertiary/aromatic N) is 3. The number of hydrogen-bond acceptors (Lipinski definition) is 10. The summed E-state index contributed by atoms with van der Waals surface area (Å²) < 4.78 is 44.8. The molecular weight excluding hydrogens is 652 g/mol. The van der Waals surface area contributed by atoms with Crippen LogP contribution in [0.5, 0.6) is 11.5 Å². The molecule has 15 heteroatoms. The van der Waals surface area contributed by atoms with Crippen molar-refractivity contribution in [1.29, 1.82) is 0 Å². The third-order valence-corrected chi connectivity index (χ3v) is 11.0. The zero-order valence-corrected chi connectivity index (χ0v) is 28.7. The van der Waals surface area contributed by atoms with Gasteiger partial charge in [-0.15, -0.1) is 0 Å². The molecule has 0 spiro atoms. The molecule has 2 fully saturated rings. The van der Waals surface area contributed by atoms with E-state index >= 15 is 0 Å². The predicted molar refractivity (Wildman–Crippen MR) is 180 cm³/mol. The Hall–Kier alpha value is -4.66. The van der Waals surface area contributed by atoms with Crippen LogP contribution in [-0.2, 0) is 24.3 Å². The second-order valence-electron chi connectivity index (χ2n) is 13.0. The quantitative estimate of drug-likeness (QED) is 0.280. The molecule has 2 aromatic heterocycles. The highest BCUT2D eigenvalue weighted by molar-refractivity contribution is 7.91. The molecule has 14 nitrogen and oxygen atoms in total. The Balaban J connectivity index is 1.24. The highest BCUT2D eigenvalue weighted by Gasteiger charge is 2.61. The molecule has 0 bridgehead atoms. The average Bonchev–Trinajstić information content (AvgIpc) is 4.00. The summed E-state index contributed by atoms with van der Waals surface area (Å²) in [6, 6.07) is 9.07. The molecule has 0 unspecified atom stereocenters. The van der Waals surface area contributed by atoms with Gasteiger partial charge in [0.05, 0.1) is 36.1 Å². The number of benzene rings is 1. The smallest absolute Gasteiger partial charge is 0.409 e. The van der Waals surface area contributed by atoms with Gasteiger partial charge in [0.25, 0.3) is 5.91 Å². The second kappa shape index (κ2) is 14.1. The van der Waals surface area contributed by atoms with Gasteiger partial charge in [-0.1, -0.05) is 12.2 Å². The van der Waals surface area contributed by atoms with Crippen molar-refractivity contribution in [2.24, 2.45) is 11.8 Å². The first-order chi connectivity index (χ1) is 23.5. The summed E-state index contributed by atoms with van der Waals surface area (Å²) in [4.78, 5) is 46.4. The molecule has 1 aromatic carbocycles. The number of fused-ring (bicyclic) bond motifs is 2. The van der Waals surface area contributed by atoms with Gasteiger partial charge in [0.1, 0.15) is 29.3 Å². The number of pyridine rings is 1. The summed E-state index contributed by atoms with van der Waals surface area (Å²) in [5, 5.41) is 10.2. The fourth-order valence-corrected chi connectivity index (χ4v) is 7.30. The van der Waals surface area contributed by atoms with Crippen LogP contribution in [0.2, 0.25) is 0 Å². The molecule has 0 saturated heterocycles. The number of allylic oxidation sites excluding steroid dienone is 1. The van der Waals surface area contributed by atoms with E-state index in [4.69, 9.17) is 19.2 Å². The van der Waals surface area contributed by atoms with Gasteiger partial charge in [-0.05, 0) is 70.1 Å². The number of aromatic amines is 1. The molecule has 3 atom stereocenters. The van der Waals surface area contributed by atoms with E-state index in [2.05, 4.69) is 20.2 Å². The molecule has 6 rings (SSSR count). The summed E-state index contributed by atoms with van der Waals surface area (Å²) in [5.41, 5.74) is 1.27. The van der Waals surface area contributed by atoms with Gasteiger partial charge >= 0.3 is 6.09 Å². The molecule has 2 saturated carbocycles. The van der Waals surface area contributed by atoms with Crippen molar-refractivity contribution in [2.45, 2.75) is 62.7 Å². The lowest BCUT2D eigenvalue weighted by molar-refractivity contribution is -0.132. The molecule has 262 valence electrons. The Morgan fingerprint density at radius 3 is 2.71 bits per heavy atom. The van der Waals surface area contributed by atoms with Crippen LogP contribution in [0, 0.1) is 18.8 Å². The normalized spacial score (nSPS) is 24.1. The number of methoxy groups -OCH3 is 1. The topological polar surface area (TPSA) is 182 Å². The SMILES string of the molecule is COc1ccc2c(OCC[C@@H]3COC(=O)N(C)CCCC/C=C\[C@@H]4C[C@@]4(C(=O)NS(=O)(=O)C4CC4)NC3=O)cc(-c3cc(C)[nH]n3)nc2c1. The van der Waals surface area contributed by atoms with E-state index < -0.39 is 44.6 Å². The van der Waals surface area contributed by atoms with Crippen LogP contribution in [0.4, 0.5) is 4.79 Å². The van der Waals surface area contributed by atoms with Gasteiger partial charge in [-0.25, -0.2) is 18.2 Å². The van der Waals surface area contributed by atoms with Gasteiger partial charge in [0.15, 0.2) is 0 Å². The Morgan fingerprint density at radius 1 is 1.16 bits per heavy atom. The molecular formula is C34H42N6O8S. The number of nitrogens with one attached hydrogen (secondary N) is 3. The first kappa shape index (κ1) is 34.2. The number of aromatic nitrogens is 3. The zero-order valence-electron chi connectivity index (χ0n) is 27.9. The highest BCUT2D eigenvalue weighted by atomic mass is 32.2. The summed E-state index contributed by atoms with van der Waals surface area (Å²) >= 11 is 0. The number of rotatable bonds is 9. The first-order valence-corrected chi connectivity index (χ1v) is 18.1. The Labute approximate surface area is 285 Å². The predicted octanol–water partition coefficient (Wildman–Crippen LogP) is 3.62. The minimum absolute atomic E-state index is 0.0498. The molecule has 3 heterocycles. The monoisotopic (exact) mass is 694 g/mol. The standard InChI is InChI=1S/C34H42N6O8S/c1-21-16-29(38-37-21)28-18-30(26-12-9-24(46-3)17-27(26)35-28)47-15-13-22-20-48-33(43)40(2)14-7-5-4-6-8-23-19-34(23,36-31(22)41)32(42)39-49(44,45)25-10-11-25/h6,8-9,12,16-18,22-23,25H,4-5,7,10-11,13-15,19-20H2,1-3H3,(H,36,41)(H,37,38)(H,39,42)/b8-6-/t22-,23-,34-/m1/s1. The maximum absolute atomic E-state index is 13.9. The van der Waals surface area contributed by atoms with E-state index in [1.807, 2.05) is 31.2 Å². The van der Waals surface area contributed by atoms with Crippen LogP contribution in [0.1, 0.15) is 50.6 Å². The number of carbonyl (C=O) groups is 3. The van der Waals surface area contributed by atoms with Crippen LogP contribution in [0.15, 0.2) is 42.5 Å². The van der Waals surface area contributed by atoms with Crippen molar-refractivity contribution < 1.29 is 37.0 Å². The minimum Gasteiger partial charge on any atom is -0.497 e. The van der Waals surface area contributed by atoms with E-state index in [1.54, 1.807) is 32.4 Å². The summed E-state index contributed by atoms with van der Waals surface area (Å²) in [6.45, 7) is 2.16. The number of sulfonamides is 1. The first-order valence-electron chi connectivity index (χ1n) is 16.6. The highest BCUT2D eigenvalue weighted by Crippen LogP contribution is 2.46.